The maximum atomic E-state index is 12.0. The summed E-state index contributed by atoms with van der Waals surface area (Å²) < 4.78 is 15.9. The van der Waals surface area contributed by atoms with Crippen LogP contribution >= 0.6 is 28.1 Å². The van der Waals surface area contributed by atoms with E-state index in [9.17, 15) is 14.4 Å². The van der Waals surface area contributed by atoms with E-state index in [-0.39, 0.29) is 37.8 Å². The Morgan fingerprint density at radius 2 is 1.77 bits per heavy atom. The number of hydrogen-bond donors (Lipinski definition) is 3. The van der Waals surface area contributed by atoms with Crippen molar-refractivity contribution < 1.29 is 28.6 Å². The van der Waals surface area contributed by atoms with Crippen LogP contribution in [0.1, 0.15) is 12.8 Å². The van der Waals surface area contributed by atoms with Crippen LogP contribution in [0, 0.1) is 0 Å². The zero-order chi connectivity index (χ0) is 22.6. The van der Waals surface area contributed by atoms with Crippen molar-refractivity contribution >= 4 is 61.8 Å². The van der Waals surface area contributed by atoms with Gasteiger partial charge in [0.1, 0.15) is 12.4 Å². The molecular formula is C20H22BrN3O6S. The van der Waals surface area contributed by atoms with Gasteiger partial charge in [0.2, 0.25) is 5.91 Å². The van der Waals surface area contributed by atoms with Gasteiger partial charge in [0.15, 0.2) is 11.7 Å². The molecular weight excluding hydrogens is 490 g/mol. The molecule has 11 heteroatoms. The quantitative estimate of drug-likeness (QED) is 0.202. The van der Waals surface area contributed by atoms with Gasteiger partial charge in [-0.05, 0) is 45.0 Å². The number of hydrogen-bond acceptors (Lipinski definition) is 7. The molecule has 0 aliphatic rings. The van der Waals surface area contributed by atoms with Crippen LogP contribution in [0.2, 0.25) is 0 Å². The molecule has 0 heterocycles. The van der Waals surface area contributed by atoms with Gasteiger partial charge in [-0.15, -0.1) is 0 Å². The molecule has 2 aromatic carbocycles. The number of nitrogens with one attached hydrogen (secondary N) is 3. The van der Waals surface area contributed by atoms with E-state index in [0.29, 0.717) is 5.75 Å². The molecule has 0 atom stereocenters. The Balaban J connectivity index is 1.68. The van der Waals surface area contributed by atoms with Gasteiger partial charge in [-0.1, -0.05) is 30.3 Å². The van der Waals surface area contributed by atoms with Crippen LogP contribution < -0.4 is 20.9 Å². The average molecular weight is 512 g/mol. The van der Waals surface area contributed by atoms with E-state index in [1.54, 1.807) is 6.07 Å². The number of ether oxygens (including phenoxy) is 3. The lowest BCUT2D eigenvalue weighted by Gasteiger charge is -2.12. The topological polar surface area (TPSA) is 115 Å². The Kier molecular flexibility index (Phi) is 10.1. The first-order chi connectivity index (χ1) is 14.9. The number of carbonyl (C=O) groups is 3. The lowest BCUT2D eigenvalue weighted by molar-refractivity contribution is -0.146. The number of thiocarbonyl (C=S) groups is 1. The molecule has 0 spiro atoms. The normalized spacial score (nSPS) is 10.3. The van der Waals surface area contributed by atoms with E-state index >= 15 is 0 Å². The second-order valence-electron chi connectivity index (χ2n) is 6.15. The van der Waals surface area contributed by atoms with Crippen LogP contribution in [0.25, 0.3) is 10.8 Å². The molecule has 0 aliphatic heterocycles. The number of rotatable bonds is 9. The molecule has 0 aromatic heterocycles. The van der Waals surface area contributed by atoms with Crippen LogP contribution in [0.5, 0.6) is 5.75 Å². The summed E-state index contributed by atoms with van der Waals surface area (Å²) in [4.78, 5) is 35.2. The summed E-state index contributed by atoms with van der Waals surface area (Å²) in [5.74, 6) is -0.997. The van der Waals surface area contributed by atoms with Gasteiger partial charge in [0.25, 0.3) is 5.91 Å². The number of methoxy groups -OCH3 is 1. The van der Waals surface area contributed by atoms with E-state index in [4.69, 9.17) is 26.4 Å². The van der Waals surface area contributed by atoms with Crippen LogP contribution in [0.3, 0.4) is 0 Å². The highest BCUT2D eigenvalue weighted by molar-refractivity contribution is 9.10. The zero-order valence-corrected chi connectivity index (χ0v) is 19.1. The third kappa shape index (κ3) is 8.48. The summed E-state index contributed by atoms with van der Waals surface area (Å²) in [5.41, 5.74) is 4.72. The maximum absolute atomic E-state index is 12.0. The van der Waals surface area contributed by atoms with Crippen molar-refractivity contribution in [1.82, 2.24) is 16.2 Å². The van der Waals surface area contributed by atoms with Crippen molar-refractivity contribution in [3.8, 4) is 5.75 Å². The Bertz CT molecular complexity index is 956. The molecule has 2 amide bonds. The lowest BCUT2D eigenvalue weighted by atomic mass is 10.1. The Hall–Kier alpha value is -2.76. The molecule has 2 rings (SSSR count). The van der Waals surface area contributed by atoms with Gasteiger partial charge in [-0.25, -0.2) is 0 Å². The number of hydrazine groups is 1. The predicted octanol–water partition coefficient (Wildman–Crippen LogP) is 1.97. The number of fused-ring (bicyclic) bond motifs is 1. The van der Waals surface area contributed by atoms with Gasteiger partial charge in [-0.3, -0.25) is 25.2 Å². The van der Waals surface area contributed by atoms with E-state index in [0.717, 1.165) is 15.2 Å². The number of amides is 2. The van der Waals surface area contributed by atoms with Crippen molar-refractivity contribution in [2.24, 2.45) is 0 Å². The van der Waals surface area contributed by atoms with Gasteiger partial charge < -0.3 is 19.5 Å². The molecule has 3 N–H and O–H groups in total. The summed E-state index contributed by atoms with van der Waals surface area (Å²) in [6.07, 6.45) is -0.209. The summed E-state index contributed by atoms with van der Waals surface area (Å²) in [5, 5.41) is 4.24. The molecule has 2 aromatic rings. The van der Waals surface area contributed by atoms with Crippen molar-refractivity contribution in [2.75, 3.05) is 26.9 Å². The molecule has 0 aliphatic carbocycles. The van der Waals surface area contributed by atoms with Crippen molar-refractivity contribution in [3.63, 3.8) is 0 Å². The Labute approximate surface area is 192 Å². The summed E-state index contributed by atoms with van der Waals surface area (Å²) in [6.45, 7) is 0.141. The number of esters is 1. The van der Waals surface area contributed by atoms with Crippen LogP contribution in [-0.4, -0.2) is 49.8 Å². The smallest absolute Gasteiger partial charge is 0.306 e. The molecule has 166 valence electrons. The van der Waals surface area contributed by atoms with Crippen molar-refractivity contribution in [3.05, 3.63) is 40.9 Å². The van der Waals surface area contributed by atoms with Gasteiger partial charge in [0, 0.05) is 13.5 Å². The molecule has 0 radical (unpaired) electrons. The summed E-state index contributed by atoms with van der Waals surface area (Å²) in [7, 11) is 1.49. The minimum absolute atomic E-state index is 0.0982. The second kappa shape index (κ2) is 12.8. The third-order valence-corrected chi connectivity index (χ3v) is 4.88. The fourth-order valence-corrected chi connectivity index (χ4v) is 3.15. The summed E-state index contributed by atoms with van der Waals surface area (Å²) in [6, 6.07) is 11.4. The van der Waals surface area contributed by atoms with Crippen LogP contribution in [-0.2, 0) is 23.9 Å². The van der Waals surface area contributed by atoms with Gasteiger partial charge >= 0.3 is 5.97 Å². The SMILES string of the molecule is COCCOC(=O)CCC(=O)NC(=S)NNC(=O)COc1ccc2ccccc2c1Br. The molecule has 0 saturated carbocycles. The number of benzene rings is 2. The van der Waals surface area contributed by atoms with Crippen molar-refractivity contribution in [2.45, 2.75) is 12.8 Å². The van der Waals surface area contributed by atoms with E-state index in [2.05, 4.69) is 32.1 Å². The highest BCUT2D eigenvalue weighted by Gasteiger charge is 2.11. The lowest BCUT2D eigenvalue weighted by Crippen LogP contribution is -2.49. The van der Waals surface area contributed by atoms with E-state index in [1.807, 2.05) is 30.3 Å². The first-order valence-electron chi connectivity index (χ1n) is 9.24. The molecule has 9 nitrogen and oxygen atoms in total. The largest absolute Gasteiger partial charge is 0.483 e. The molecule has 0 fully saturated rings. The molecule has 0 bridgehead atoms. The molecule has 0 saturated heterocycles. The van der Waals surface area contributed by atoms with Crippen molar-refractivity contribution in [1.29, 1.82) is 0 Å². The first kappa shape index (κ1) is 24.5. The predicted molar refractivity (Wildman–Crippen MR) is 121 cm³/mol. The van der Waals surface area contributed by atoms with Gasteiger partial charge in [0.05, 0.1) is 17.5 Å². The van der Waals surface area contributed by atoms with E-state index in [1.165, 1.54) is 7.11 Å². The molecule has 31 heavy (non-hydrogen) atoms. The van der Waals surface area contributed by atoms with Crippen LogP contribution in [0.4, 0.5) is 0 Å². The summed E-state index contributed by atoms with van der Waals surface area (Å²) >= 11 is 8.41. The minimum Gasteiger partial charge on any atom is -0.483 e. The number of halogens is 1. The fraction of sp³-hybridized carbons (Fsp3) is 0.300. The van der Waals surface area contributed by atoms with Crippen LogP contribution in [0.15, 0.2) is 40.9 Å². The standard InChI is InChI=1S/C20H22BrN3O6S/c1-28-10-11-29-18(27)9-8-16(25)22-20(31)24-23-17(26)12-30-15-7-6-13-4-2-3-5-14(13)19(15)21/h2-7H,8-12H2,1H3,(H,23,26)(H2,22,24,25,31). The average Bonchev–Trinajstić information content (AvgIpc) is 2.76. The minimum atomic E-state index is -0.517. The monoisotopic (exact) mass is 511 g/mol. The number of carbonyl (C=O) groups excluding carboxylic acids is 3. The Morgan fingerprint density at radius 1 is 1.00 bits per heavy atom. The highest BCUT2D eigenvalue weighted by atomic mass is 79.9. The maximum Gasteiger partial charge on any atom is 0.306 e. The zero-order valence-electron chi connectivity index (χ0n) is 16.7. The molecule has 0 unspecified atom stereocenters. The van der Waals surface area contributed by atoms with Gasteiger partial charge in [-0.2, -0.15) is 0 Å². The highest BCUT2D eigenvalue weighted by Crippen LogP contribution is 2.32. The fourth-order valence-electron chi connectivity index (χ4n) is 2.38. The van der Waals surface area contributed by atoms with E-state index < -0.39 is 17.8 Å². The first-order valence-corrected chi connectivity index (χ1v) is 10.4. The third-order valence-electron chi connectivity index (χ3n) is 3.86. The second-order valence-corrected chi connectivity index (χ2v) is 7.35. The Morgan fingerprint density at radius 3 is 2.55 bits per heavy atom.